The summed E-state index contributed by atoms with van der Waals surface area (Å²) in [5.74, 6) is -0.0670. The maximum absolute atomic E-state index is 12.5. The van der Waals surface area contributed by atoms with Crippen LogP contribution in [-0.4, -0.2) is 64.6 Å². The molecule has 0 bridgehead atoms. The van der Waals surface area contributed by atoms with Crippen molar-refractivity contribution < 1.29 is 34.3 Å². The van der Waals surface area contributed by atoms with E-state index in [-0.39, 0.29) is 6.79 Å². The molecule has 3 rings (SSSR count). The summed E-state index contributed by atoms with van der Waals surface area (Å²) in [7, 11) is 0. The molecule has 0 spiro atoms. The molecule has 6 N–H and O–H groups in total. The van der Waals surface area contributed by atoms with Crippen molar-refractivity contribution in [1.29, 1.82) is 0 Å². The van der Waals surface area contributed by atoms with Crippen LogP contribution >= 0.6 is 0 Å². The fourth-order valence-corrected chi connectivity index (χ4v) is 3.39. The normalized spacial score (nSPS) is 32.5. The summed E-state index contributed by atoms with van der Waals surface area (Å²) in [4.78, 5) is 12.5. The van der Waals surface area contributed by atoms with Crippen LogP contribution in [0.2, 0.25) is 0 Å². The molecule has 1 saturated carbocycles. The smallest absolute Gasteiger partial charge is 0.247 e. The van der Waals surface area contributed by atoms with Crippen molar-refractivity contribution in [2.75, 3.05) is 12.5 Å². The van der Waals surface area contributed by atoms with Crippen molar-refractivity contribution in [1.82, 2.24) is 5.32 Å². The lowest BCUT2D eigenvalue weighted by Gasteiger charge is -2.41. The molecule has 1 aromatic rings. The highest BCUT2D eigenvalue weighted by molar-refractivity contribution is 5.97. The van der Waals surface area contributed by atoms with Gasteiger partial charge < -0.3 is 40.6 Å². The minimum atomic E-state index is -1.40. The minimum Gasteiger partial charge on any atom is -0.463 e. The number of fused-ring (bicyclic) bond motifs is 1. The largest absolute Gasteiger partial charge is 0.463 e. The quantitative estimate of drug-likeness (QED) is 0.257. The third kappa shape index (κ3) is 3.89. The number of benzene rings is 1. The third-order valence-electron chi connectivity index (χ3n) is 4.89. The fraction of sp³-hybridized carbons (Fsp3) is 0.421. The summed E-state index contributed by atoms with van der Waals surface area (Å²) in [5, 5.41) is 33.4. The number of ether oxygens (including phenoxy) is 3. The van der Waals surface area contributed by atoms with Gasteiger partial charge in [-0.1, -0.05) is 12.6 Å². The molecule has 2 fully saturated rings. The second kappa shape index (κ2) is 8.29. The van der Waals surface area contributed by atoms with Gasteiger partial charge in [-0.15, -0.1) is 0 Å². The Morgan fingerprint density at radius 2 is 1.93 bits per heavy atom. The number of carbonyl (C=O) groups is 1. The molecule has 1 aliphatic carbocycles. The Balaban J connectivity index is 1.72. The Kier molecular flexibility index (Phi) is 6.01. The van der Waals surface area contributed by atoms with Gasteiger partial charge in [0.05, 0.1) is 18.0 Å². The number of nitrogens with two attached hydrogens (primary N) is 1. The highest BCUT2D eigenvalue weighted by Crippen LogP contribution is 2.30. The van der Waals surface area contributed by atoms with E-state index in [2.05, 4.69) is 11.9 Å². The number of amides is 1. The average Bonchev–Trinajstić information content (AvgIpc) is 3.15. The van der Waals surface area contributed by atoms with Gasteiger partial charge in [-0.25, -0.2) is 0 Å². The number of carbonyl (C=O) groups excluding carboxylic acids is 1. The highest BCUT2D eigenvalue weighted by atomic mass is 16.7. The van der Waals surface area contributed by atoms with Crippen molar-refractivity contribution in [2.24, 2.45) is 0 Å². The van der Waals surface area contributed by atoms with E-state index in [1.807, 2.05) is 0 Å². The summed E-state index contributed by atoms with van der Waals surface area (Å²) in [5.41, 5.74) is 7.25. The van der Waals surface area contributed by atoms with Gasteiger partial charge in [-0.3, -0.25) is 4.79 Å². The van der Waals surface area contributed by atoms with Gasteiger partial charge >= 0.3 is 0 Å². The van der Waals surface area contributed by atoms with Crippen LogP contribution in [0.25, 0.3) is 6.08 Å². The Bertz CT molecular complexity index is 782. The van der Waals surface area contributed by atoms with E-state index in [0.29, 0.717) is 22.6 Å². The first-order chi connectivity index (χ1) is 13.3. The van der Waals surface area contributed by atoms with E-state index in [4.69, 9.17) is 19.9 Å². The standard InChI is InChI=1S/C19H24N2O7/c1-3-26-12-5-4-10(7-11(12)20)6-9(2)19(25)21-13-14(22)16(24)18-17(15(13)23)27-8-28-18/h3-7,13-18,22-24H,1,8,20H2,2H3,(H,21,25)/b9-6+/t13?,14-,15+,16+,17-,18+/m0/s1. The fourth-order valence-electron chi connectivity index (χ4n) is 3.39. The van der Waals surface area contributed by atoms with E-state index < -0.39 is 42.5 Å². The molecular weight excluding hydrogens is 368 g/mol. The number of hydrogen-bond acceptors (Lipinski definition) is 8. The molecule has 0 radical (unpaired) electrons. The van der Waals surface area contributed by atoms with Crippen LogP contribution in [0, 0.1) is 0 Å². The second-order valence-corrected chi connectivity index (χ2v) is 6.76. The number of anilines is 1. The monoisotopic (exact) mass is 392 g/mol. The molecule has 28 heavy (non-hydrogen) atoms. The molecule has 1 amide bonds. The summed E-state index contributed by atoms with van der Waals surface area (Å²) in [6.07, 6.45) is -2.73. The van der Waals surface area contributed by atoms with Crippen LogP contribution in [-0.2, 0) is 14.3 Å². The topological polar surface area (TPSA) is 144 Å². The molecule has 1 aliphatic heterocycles. The summed E-state index contributed by atoms with van der Waals surface area (Å²) in [6, 6.07) is 3.89. The van der Waals surface area contributed by atoms with Crippen molar-refractivity contribution in [3.05, 3.63) is 42.2 Å². The molecule has 0 aromatic heterocycles. The summed E-state index contributed by atoms with van der Waals surface area (Å²) < 4.78 is 15.6. The highest BCUT2D eigenvalue weighted by Gasteiger charge is 2.53. The predicted molar refractivity (Wildman–Crippen MR) is 99.9 cm³/mol. The van der Waals surface area contributed by atoms with Crippen LogP contribution in [0.5, 0.6) is 5.75 Å². The number of hydrogen-bond donors (Lipinski definition) is 5. The van der Waals surface area contributed by atoms with E-state index in [9.17, 15) is 20.1 Å². The predicted octanol–water partition coefficient (Wildman–Crippen LogP) is -0.483. The zero-order chi connectivity index (χ0) is 20.4. The molecular formula is C19H24N2O7. The van der Waals surface area contributed by atoms with Crippen LogP contribution < -0.4 is 15.8 Å². The lowest BCUT2D eigenvalue weighted by atomic mass is 9.83. The lowest BCUT2D eigenvalue weighted by Crippen LogP contribution is -2.67. The first-order valence-electron chi connectivity index (χ1n) is 8.77. The van der Waals surface area contributed by atoms with Crippen LogP contribution in [0.3, 0.4) is 0 Å². The molecule has 1 saturated heterocycles. The van der Waals surface area contributed by atoms with E-state index >= 15 is 0 Å². The van der Waals surface area contributed by atoms with E-state index in [1.165, 1.54) is 6.26 Å². The van der Waals surface area contributed by atoms with Gasteiger partial charge in [0.15, 0.2) is 0 Å². The summed E-state index contributed by atoms with van der Waals surface area (Å²) >= 11 is 0. The number of nitrogens with one attached hydrogen (secondary N) is 1. The van der Waals surface area contributed by atoms with Gasteiger partial charge in [-0.2, -0.15) is 0 Å². The van der Waals surface area contributed by atoms with Crippen LogP contribution in [0.4, 0.5) is 5.69 Å². The molecule has 6 atom stereocenters. The molecule has 9 nitrogen and oxygen atoms in total. The lowest BCUT2D eigenvalue weighted by molar-refractivity contribution is -0.155. The van der Waals surface area contributed by atoms with Gasteiger partial charge in [0.25, 0.3) is 0 Å². The first kappa shape index (κ1) is 20.3. The zero-order valence-corrected chi connectivity index (χ0v) is 15.3. The number of aliphatic hydroxyl groups excluding tert-OH is 3. The van der Waals surface area contributed by atoms with Gasteiger partial charge in [0, 0.05) is 5.57 Å². The number of rotatable bonds is 5. The molecule has 152 valence electrons. The molecule has 1 heterocycles. The molecule has 1 aromatic carbocycles. The summed E-state index contributed by atoms with van der Waals surface area (Å²) in [6.45, 7) is 4.95. The Morgan fingerprint density at radius 3 is 2.57 bits per heavy atom. The van der Waals surface area contributed by atoms with Crippen molar-refractivity contribution in [3.8, 4) is 5.75 Å². The molecule has 9 heteroatoms. The Morgan fingerprint density at radius 1 is 1.25 bits per heavy atom. The average molecular weight is 392 g/mol. The van der Waals surface area contributed by atoms with E-state index in [1.54, 1.807) is 31.2 Å². The number of nitrogen functional groups attached to an aromatic ring is 1. The van der Waals surface area contributed by atoms with Crippen LogP contribution in [0.15, 0.2) is 36.6 Å². The Labute approximate surface area is 162 Å². The minimum absolute atomic E-state index is 0.0945. The van der Waals surface area contributed by atoms with Crippen LogP contribution in [0.1, 0.15) is 12.5 Å². The maximum Gasteiger partial charge on any atom is 0.247 e. The number of aliphatic hydroxyl groups is 3. The van der Waals surface area contributed by atoms with Crippen molar-refractivity contribution in [3.63, 3.8) is 0 Å². The van der Waals surface area contributed by atoms with E-state index in [0.717, 1.165) is 0 Å². The maximum atomic E-state index is 12.5. The molecule has 1 unspecified atom stereocenters. The van der Waals surface area contributed by atoms with Gasteiger partial charge in [-0.05, 0) is 30.7 Å². The van der Waals surface area contributed by atoms with Gasteiger partial charge in [0.2, 0.25) is 5.91 Å². The second-order valence-electron chi connectivity index (χ2n) is 6.76. The SMILES string of the molecule is C=COc1ccc(/C=C(\C)C(=O)NC2[C@@H](O)[C@@H]3OCO[C@@H]3[C@H](O)[C@H]2O)cc1N. The first-order valence-corrected chi connectivity index (χ1v) is 8.77. The zero-order valence-electron chi connectivity index (χ0n) is 15.3. The molecule has 2 aliphatic rings. The third-order valence-corrected chi connectivity index (χ3v) is 4.89. The van der Waals surface area contributed by atoms with Crippen molar-refractivity contribution >= 4 is 17.7 Å². The Hall–Kier alpha value is -2.43. The van der Waals surface area contributed by atoms with Gasteiger partial charge in [0.1, 0.15) is 43.1 Å². The van der Waals surface area contributed by atoms with Crippen molar-refractivity contribution in [2.45, 2.75) is 43.5 Å².